The topological polar surface area (TPSA) is 64.3 Å². The molecule has 0 unspecified atom stereocenters. The third-order valence-corrected chi connectivity index (χ3v) is 3.13. The number of methoxy groups -OCH3 is 1. The van der Waals surface area contributed by atoms with Crippen molar-refractivity contribution in [3.8, 4) is 0 Å². The van der Waals surface area contributed by atoms with E-state index in [-0.39, 0.29) is 0 Å². The van der Waals surface area contributed by atoms with Gasteiger partial charge in [0.15, 0.2) is 5.82 Å². The number of rotatable bonds is 4. The smallest absolute Gasteiger partial charge is 0.254 e. The maximum Gasteiger partial charge on any atom is 0.254 e. The Labute approximate surface area is 126 Å². The quantitative estimate of drug-likeness (QED) is 0.802. The largest absolute Gasteiger partial charge is 0.377 e. The lowest BCUT2D eigenvalue weighted by atomic mass is 10.3. The highest BCUT2D eigenvalue weighted by Gasteiger charge is 2.10. The third kappa shape index (κ3) is 2.96. The van der Waals surface area contributed by atoms with Crippen LogP contribution in [0, 0.1) is 6.92 Å². The predicted octanol–water partition coefficient (Wildman–Crippen LogP) is 2.98. The molecule has 0 atom stereocenters. The fourth-order valence-electron chi connectivity index (χ4n) is 1.99. The zero-order valence-electron chi connectivity index (χ0n) is 11.7. The summed E-state index contributed by atoms with van der Waals surface area (Å²) in [5.41, 5.74) is 1.77. The monoisotopic (exact) mass is 303 g/mol. The summed E-state index contributed by atoms with van der Waals surface area (Å²) in [6.45, 7) is 2.26. The first-order chi connectivity index (χ1) is 10.2. The van der Waals surface area contributed by atoms with Crippen LogP contribution in [-0.4, -0.2) is 26.7 Å². The number of hydrogen-bond donors (Lipinski definition) is 1. The third-order valence-electron chi connectivity index (χ3n) is 2.87. The van der Waals surface area contributed by atoms with Crippen molar-refractivity contribution in [1.29, 1.82) is 0 Å². The number of nitrogens with zero attached hydrogens (tertiary/aromatic N) is 4. The van der Waals surface area contributed by atoms with Gasteiger partial charge in [0.1, 0.15) is 12.4 Å². The van der Waals surface area contributed by atoms with E-state index < -0.39 is 0 Å². The molecule has 0 aliphatic heterocycles. The maximum atomic E-state index is 5.89. The molecule has 0 aliphatic rings. The van der Waals surface area contributed by atoms with Crippen LogP contribution < -0.4 is 5.32 Å². The molecule has 108 valence electrons. The van der Waals surface area contributed by atoms with Gasteiger partial charge in [-0.05, 0) is 31.2 Å². The van der Waals surface area contributed by atoms with Crippen molar-refractivity contribution in [3.05, 3.63) is 46.9 Å². The molecule has 0 amide bonds. The Morgan fingerprint density at radius 1 is 1.24 bits per heavy atom. The minimum absolute atomic E-state index is 0.350. The Kier molecular flexibility index (Phi) is 3.72. The Morgan fingerprint density at radius 3 is 2.71 bits per heavy atom. The van der Waals surface area contributed by atoms with Gasteiger partial charge in [-0.2, -0.15) is 9.50 Å². The van der Waals surface area contributed by atoms with E-state index in [1.165, 1.54) is 0 Å². The Balaban J connectivity index is 2.01. The second kappa shape index (κ2) is 5.67. The van der Waals surface area contributed by atoms with Crippen molar-refractivity contribution < 1.29 is 4.74 Å². The summed E-state index contributed by atoms with van der Waals surface area (Å²) in [6.07, 6.45) is 0. The van der Waals surface area contributed by atoms with Crippen LogP contribution in [0.3, 0.4) is 0 Å². The molecular weight excluding hydrogens is 290 g/mol. The molecule has 2 aromatic heterocycles. The van der Waals surface area contributed by atoms with E-state index >= 15 is 0 Å². The van der Waals surface area contributed by atoms with E-state index in [2.05, 4.69) is 20.4 Å². The minimum atomic E-state index is 0.350. The van der Waals surface area contributed by atoms with E-state index in [4.69, 9.17) is 16.3 Å². The van der Waals surface area contributed by atoms with Gasteiger partial charge in [0.05, 0.1) is 0 Å². The van der Waals surface area contributed by atoms with Crippen LogP contribution in [0.2, 0.25) is 5.02 Å². The highest BCUT2D eigenvalue weighted by Crippen LogP contribution is 2.20. The average Bonchev–Trinajstić information content (AvgIpc) is 2.84. The Bertz CT molecular complexity index is 769. The molecule has 3 aromatic rings. The van der Waals surface area contributed by atoms with Gasteiger partial charge >= 0.3 is 0 Å². The molecule has 1 N–H and O–H groups in total. The van der Waals surface area contributed by atoms with Gasteiger partial charge in [0.2, 0.25) is 0 Å². The van der Waals surface area contributed by atoms with Crippen LogP contribution in [0.15, 0.2) is 30.3 Å². The molecule has 21 heavy (non-hydrogen) atoms. The molecule has 1 aromatic carbocycles. The fourth-order valence-corrected chi connectivity index (χ4v) is 2.11. The van der Waals surface area contributed by atoms with E-state index in [9.17, 15) is 0 Å². The van der Waals surface area contributed by atoms with Crippen LogP contribution >= 0.6 is 11.6 Å². The molecule has 2 heterocycles. The van der Waals surface area contributed by atoms with Gasteiger partial charge in [-0.3, -0.25) is 0 Å². The first-order valence-electron chi connectivity index (χ1n) is 6.40. The zero-order valence-corrected chi connectivity index (χ0v) is 12.4. The average molecular weight is 304 g/mol. The lowest BCUT2D eigenvalue weighted by molar-refractivity contribution is 0.178. The number of aryl methyl sites for hydroxylation is 1. The molecule has 6 nitrogen and oxygen atoms in total. The van der Waals surface area contributed by atoms with Crippen LogP contribution in [0.25, 0.3) is 5.78 Å². The van der Waals surface area contributed by atoms with Gasteiger partial charge in [0.25, 0.3) is 5.78 Å². The zero-order chi connectivity index (χ0) is 14.8. The number of benzene rings is 1. The number of nitrogens with one attached hydrogen (secondary N) is 1. The molecular formula is C14H14ClN5O. The predicted molar refractivity (Wildman–Crippen MR) is 81.0 cm³/mol. The van der Waals surface area contributed by atoms with Crippen molar-refractivity contribution in [2.24, 2.45) is 0 Å². The number of ether oxygens (including phenoxy) is 1. The van der Waals surface area contributed by atoms with Gasteiger partial charge in [-0.15, -0.1) is 5.10 Å². The second-order valence-corrected chi connectivity index (χ2v) is 5.02. The standard InChI is InChI=1S/C14H14ClN5O/c1-9-7-13(17-11-5-3-10(15)4-6-11)20-14(16-9)18-12(19-20)8-21-2/h3-7,17H,8H2,1-2H3. The highest BCUT2D eigenvalue weighted by atomic mass is 35.5. The van der Waals surface area contributed by atoms with Gasteiger partial charge in [-0.25, -0.2) is 4.98 Å². The van der Waals surface area contributed by atoms with Crippen LogP contribution in [-0.2, 0) is 11.3 Å². The van der Waals surface area contributed by atoms with Crippen molar-refractivity contribution >= 4 is 28.9 Å². The number of hydrogen-bond acceptors (Lipinski definition) is 5. The number of fused-ring (bicyclic) bond motifs is 1. The summed E-state index contributed by atoms with van der Waals surface area (Å²) in [5.74, 6) is 1.92. The Morgan fingerprint density at radius 2 is 2.00 bits per heavy atom. The summed E-state index contributed by atoms with van der Waals surface area (Å²) in [5, 5.41) is 8.37. The van der Waals surface area contributed by atoms with Gasteiger partial charge in [0, 0.05) is 29.6 Å². The SMILES string of the molecule is COCc1nc2nc(C)cc(Nc3ccc(Cl)cc3)n2n1. The summed E-state index contributed by atoms with van der Waals surface area (Å²) in [4.78, 5) is 8.70. The van der Waals surface area contributed by atoms with Gasteiger partial charge in [-0.1, -0.05) is 11.6 Å². The van der Waals surface area contributed by atoms with Crippen molar-refractivity contribution in [3.63, 3.8) is 0 Å². The highest BCUT2D eigenvalue weighted by molar-refractivity contribution is 6.30. The summed E-state index contributed by atoms with van der Waals surface area (Å²) < 4.78 is 6.72. The van der Waals surface area contributed by atoms with Crippen LogP contribution in [0.4, 0.5) is 11.5 Å². The molecule has 3 rings (SSSR count). The molecule has 0 spiro atoms. The molecule has 0 aliphatic carbocycles. The summed E-state index contributed by atoms with van der Waals surface area (Å²) in [6, 6.07) is 9.36. The van der Waals surface area contributed by atoms with Crippen LogP contribution in [0.1, 0.15) is 11.5 Å². The first kappa shape index (κ1) is 13.8. The number of aromatic nitrogens is 4. The Hall–Kier alpha value is -2.18. The van der Waals surface area contributed by atoms with E-state index in [1.54, 1.807) is 11.6 Å². The van der Waals surface area contributed by atoms with Gasteiger partial charge < -0.3 is 10.1 Å². The molecule has 0 fully saturated rings. The molecule has 0 saturated heterocycles. The number of halogens is 1. The summed E-state index contributed by atoms with van der Waals surface area (Å²) >= 11 is 5.89. The molecule has 0 bridgehead atoms. The lowest BCUT2D eigenvalue weighted by Crippen LogP contribution is -2.02. The van der Waals surface area contributed by atoms with E-state index in [1.807, 2.05) is 37.3 Å². The fraction of sp³-hybridized carbons (Fsp3) is 0.214. The van der Waals surface area contributed by atoms with Crippen LogP contribution in [0.5, 0.6) is 0 Å². The molecule has 0 radical (unpaired) electrons. The van der Waals surface area contributed by atoms with E-state index in [0.29, 0.717) is 23.2 Å². The normalized spacial score (nSPS) is 11.0. The lowest BCUT2D eigenvalue weighted by Gasteiger charge is -2.08. The number of anilines is 2. The van der Waals surface area contributed by atoms with Crippen molar-refractivity contribution in [2.45, 2.75) is 13.5 Å². The van der Waals surface area contributed by atoms with E-state index in [0.717, 1.165) is 17.2 Å². The second-order valence-electron chi connectivity index (χ2n) is 4.59. The van der Waals surface area contributed by atoms with Crippen molar-refractivity contribution in [2.75, 3.05) is 12.4 Å². The maximum absolute atomic E-state index is 5.89. The first-order valence-corrected chi connectivity index (χ1v) is 6.78. The molecule has 7 heteroatoms. The summed E-state index contributed by atoms with van der Waals surface area (Å²) in [7, 11) is 1.61. The minimum Gasteiger partial charge on any atom is -0.377 e. The molecule has 0 saturated carbocycles. The van der Waals surface area contributed by atoms with Crippen molar-refractivity contribution in [1.82, 2.24) is 19.6 Å².